The van der Waals surface area contributed by atoms with Crippen LogP contribution in [0.15, 0.2) is 249 Å². The average Bonchev–Trinajstić information content (AvgIpc) is 3.72. The third kappa shape index (κ3) is 6.87. The number of anilines is 6. The molecule has 65 heavy (non-hydrogen) atoms. The Morgan fingerprint density at radius 2 is 0.800 bits per heavy atom. The Balaban J connectivity index is 0.925. The van der Waals surface area contributed by atoms with Crippen molar-refractivity contribution in [3.05, 3.63) is 260 Å². The minimum absolute atomic E-state index is 1.11. The van der Waals surface area contributed by atoms with E-state index < -0.39 is 0 Å². The average molecular weight is 830 g/mol. The molecule has 306 valence electrons. The Morgan fingerprint density at radius 1 is 0.323 bits per heavy atom. The molecule has 12 rings (SSSR count). The molecular formula is C62H43N3. The fourth-order valence-corrected chi connectivity index (χ4v) is 9.68. The predicted molar refractivity (Wildman–Crippen MR) is 277 cm³/mol. The van der Waals surface area contributed by atoms with Crippen LogP contribution in [0, 0.1) is 0 Å². The second-order valence-electron chi connectivity index (χ2n) is 16.6. The molecule has 1 aromatic heterocycles. The van der Waals surface area contributed by atoms with Gasteiger partial charge < -0.3 is 14.4 Å². The van der Waals surface area contributed by atoms with Gasteiger partial charge >= 0.3 is 0 Å². The van der Waals surface area contributed by atoms with Gasteiger partial charge in [0.2, 0.25) is 0 Å². The van der Waals surface area contributed by atoms with Gasteiger partial charge in [0.15, 0.2) is 0 Å². The number of rotatable bonds is 10. The van der Waals surface area contributed by atoms with Crippen LogP contribution >= 0.6 is 0 Å². The van der Waals surface area contributed by atoms with Gasteiger partial charge in [-0.2, -0.15) is 0 Å². The molecule has 3 heteroatoms. The molecule has 0 aliphatic carbocycles. The minimum Gasteiger partial charge on any atom is -0.311 e. The molecule has 0 N–H and O–H groups in total. The maximum Gasteiger partial charge on any atom is 0.0547 e. The highest BCUT2D eigenvalue weighted by atomic mass is 15.1. The van der Waals surface area contributed by atoms with E-state index in [1.807, 2.05) is 0 Å². The van der Waals surface area contributed by atoms with Gasteiger partial charge in [-0.1, -0.05) is 164 Å². The first kappa shape index (κ1) is 38.0. The summed E-state index contributed by atoms with van der Waals surface area (Å²) in [7, 11) is 0. The molecule has 0 atom stereocenters. The second-order valence-corrected chi connectivity index (χ2v) is 16.6. The quantitative estimate of drug-likeness (QED) is 0.100. The maximum absolute atomic E-state index is 2.43. The molecule has 3 nitrogen and oxygen atoms in total. The van der Waals surface area contributed by atoms with Gasteiger partial charge in [-0.05, 0) is 141 Å². The van der Waals surface area contributed by atoms with Crippen LogP contribution in [0.2, 0.25) is 0 Å². The lowest BCUT2D eigenvalue weighted by Gasteiger charge is -2.26. The molecular weight excluding hydrogens is 787 g/mol. The molecule has 0 spiro atoms. The van der Waals surface area contributed by atoms with Crippen molar-refractivity contribution in [3.8, 4) is 16.8 Å². The summed E-state index contributed by atoms with van der Waals surface area (Å²) >= 11 is 0. The zero-order chi connectivity index (χ0) is 43.1. The number of nitrogens with zero attached hydrogens (tertiary/aromatic N) is 3. The van der Waals surface area contributed by atoms with E-state index in [1.54, 1.807) is 0 Å². The van der Waals surface area contributed by atoms with Gasteiger partial charge in [-0.25, -0.2) is 0 Å². The molecule has 0 bridgehead atoms. The standard InChI is InChI=1S/C62H43N3/c1-5-17-49(18-6-1)63(50-19-7-2-8-20-50)54-35-30-46(31-36-54)56-40-42-60-62-58(56)39-38-57-47(32-41-59(61(57)62)65(60)52-23-11-4-12-24-52)28-25-44-26-33-53(34-27-44)64(51-21-9-3-10-22-51)55-37-29-45-15-13-14-16-48(45)43-55/h1-43H/b28-25+. The molecule has 0 aliphatic rings. The summed E-state index contributed by atoms with van der Waals surface area (Å²) < 4.78 is 2.43. The van der Waals surface area contributed by atoms with Gasteiger partial charge in [0.05, 0.1) is 11.0 Å². The molecule has 1 heterocycles. The normalized spacial score (nSPS) is 11.6. The van der Waals surface area contributed by atoms with Crippen LogP contribution in [0.5, 0.6) is 0 Å². The highest BCUT2D eigenvalue weighted by Crippen LogP contribution is 2.45. The van der Waals surface area contributed by atoms with E-state index in [2.05, 4.69) is 275 Å². The van der Waals surface area contributed by atoms with E-state index in [4.69, 9.17) is 0 Å². The van der Waals surface area contributed by atoms with Crippen molar-refractivity contribution in [1.82, 2.24) is 4.57 Å². The molecule has 0 saturated carbocycles. The topological polar surface area (TPSA) is 11.4 Å². The Labute approximate surface area is 379 Å². The largest absolute Gasteiger partial charge is 0.311 e. The number of hydrogen-bond donors (Lipinski definition) is 0. The van der Waals surface area contributed by atoms with E-state index in [0.717, 1.165) is 45.4 Å². The molecule has 12 aromatic rings. The first-order chi connectivity index (χ1) is 32.2. The Kier molecular flexibility index (Phi) is 9.50. The summed E-state index contributed by atoms with van der Waals surface area (Å²) in [5.74, 6) is 0. The molecule has 0 saturated heterocycles. The fourth-order valence-electron chi connectivity index (χ4n) is 9.68. The Bertz CT molecular complexity index is 3580. The molecule has 0 radical (unpaired) electrons. The van der Waals surface area contributed by atoms with Crippen molar-refractivity contribution in [1.29, 1.82) is 0 Å². The van der Waals surface area contributed by atoms with E-state index in [1.165, 1.54) is 60.0 Å². The first-order valence-corrected chi connectivity index (χ1v) is 22.3. The second kappa shape index (κ2) is 16.2. The van der Waals surface area contributed by atoms with Gasteiger partial charge in [-0.3, -0.25) is 0 Å². The third-order valence-electron chi connectivity index (χ3n) is 12.7. The van der Waals surface area contributed by atoms with Gasteiger partial charge in [-0.15, -0.1) is 0 Å². The van der Waals surface area contributed by atoms with E-state index in [9.17, 15) is 0 Å². The van der Waals surface area contributed by atoms with Crippen molar-refractivity contribution in [2.75, 3.05) is 9.80 Å². The summed E-state index contributed by atoms with van der Waals surface area (Å²) in [4.78, 5) is 4.64. The van der Waals surface area contributed by atoms with Gasteiger partial charge in [0.25, 0.3) is 0 Å². The summed E-state index contributed by atoms with van der Waals surface area (Å²) in [6.07, 6.45) is 4.52. The van der Waals surface area contributed by atoms with Crippen molar-refractivity contribution in [3.63, 3.8) is 0 Å². The van der Waals surface area contributed by atoms with Crippen molar-refractivity contribution < 1.29 is 0 Å². The lowest BCUT2D eigenvalue weighted by molar-refractivity contribution is 1.18. The highest BCUT2D eigenvalue weighted by Gasteiger charge is 2.21. The first-order valence-electron chi connectivity index (χ1n) is 22.3. The van der Waals surface area contributed by atoms with Crippen LogP contribution in [0.25, 0.3) is 72.3 Å². The Hall–Kier alpha value is -8.66. The summed E-state index contributed by atoms with van der Waals surface area (Å²) in [5, 5.41) is 7.51. The SMILES string of the molecule is C(=C\c1ccc2c3c1ccc1c(-c4ccc(N(c5ccccc5)c5ccccc5)cc4)ccc(c13)n2-c1ccccc1)/c1ccc(N(c2ccccc2)c2ccc3ccccc3c2)cc1. The molecule has 11 aromatic carbocycles. The zero-order valence-electron chi connectivity index (χ0n) is 35.7. The Morgan fingerprint density at radius 3 is 1.43 bits per heavy atom. The number of aromatic nitrogens is 1. The predicted octanol–water partition coefficient (Wildman–Crippen LogP) is 17.3. The number of hydrogen-bond acceptors (Lipinski definition) is 2. The van der Waals surface area contributed by atoms with E-state index in [-0.39, 0.29) is 0 Å². The summed E-state index contributed by atoms with van der Waals surface area (Å²) in [5.41, 5.74) is 15.0. The van der Waals surface area contributed by atoms with E-state index >= 15 is 0 Å². The number of fused-ring (bicyclic) bond motifs is 1. The van der Waals surface area contributed by atoms with E-state index in [0.29, 0.717) is 0 Å². The molecule has 0 unspecified atom stereocenters. The lowest BCUT2D eigenvalue weighted by Crippen LogP contribution is -2.09. The van der Waals surface area contributed by atoms with Crippen molar-refractivity contribution in [2.45, 2.75) is 0 Å². The van der Waals surface area contributed by atoms with Gasteiger partial charge in [0, 0.05) is 50.6 Å². The monoisotopic (exact) mass is 829 g/mol. The number of para-hydroxylation sites is 4. The van der Waals surface area contributed by atoms with Crippen LogP contribution in [-0.4, -0.2) is 4.57 Å². The molecule has 0 fully saturated rings. The van der Waals surface area contributed by atoms with Crippen molar-refractivity contribution in [2.24, 2.45) is 0 Å². The van der Waals surface area contributed by atoms with Crippen LogP contribution in [-0.2, 0) is 0 Å². The summed E-state index contributed by atoms with van der Waals surface area (Å²) in [6.45, 7) is 0. The lowest BCUT2D eigenvalue weighted by atomic mass is 9.93. The maximum atomic E-state index is 2.43. The third-order valence-corrected chi connectivity index (χ3v) is 12.7. The van der Waals surface area contributed by atoms with Crippen molar-refractivity contribution >= 4 is 89.6 Å². The highest BCUT2D eigenvalue weighted by molar-refractivity contribution is 6.27. The molecule has 0 amide bonds. The van der Waals surface area contributed by atoms with Crippen LogP contribution in [0.4, 0.5) is 34.1 Å². The van der Waals surface area contributed by atoms with Crippen LogP contribution in [0.3, 0.4) is 0 Å². The number of benzene rings is 11. The zero-order valence-corrected chi connectivity index (χ0v) is 35.7. The van der Waals surface area contributed by atoms with Crippen LogP contribution in [0.1, 0.15) is 11.1 Å². The van der Waals surface area contributed by atoms with Crippen LogP contribution < -0.4 is 9.80 Å². The fraction of sp³-hybridized carbons (Fsp3) is 0. The minimum atomic E-state index is 1.11. The summed E-state index contributed by atoms with van der Waals surface area (Å²) in [6, 6.07) is 89.5. The molecule has 0 aliphatic heterocycles. The van der Waals surface area contributed by atoms with Gasteiger partial charge in [0.1, 0.15) is 0 Å². The smallest absolute Gasteiger partial charge is 0.0547 e.